The number of carbonyl (C=O) groups excluding carboxylic acids is 1. The fourth-order valence-electron chi connectivity index (χ4n) is 6.12. The lowest BCUT2D eigenvalue weighted by Gasteiger charge is -2.37. The minimum absolute atomic E-state index is 0.0637. The van der Waals surface area contributed by atoms with Gasteiger partial charge < -0.3 is 14.8 Å². The molecule has 2 saturated heterocycles. The van der Waals surface area contributed by atoms with E-state index in [9.17, 15) is 4.79 Å². The van der Waals surface area contributed by atoms with Gasteiger partial charge in [-0.2, -0.15) is 0 Å². The second kappa shape index (κ2) is 9.87. The number of H-pyrrole nitrogens is 1. The Hall–Kier alpha value is -3.71. The summed E-state index contributed by atoms with van der Waals surface area (Å²) in [5, 5.41) is 1.23. The number of carbonyl (C=O) groups is 1. The van der Waals surface area contributed by atoms with Crippen molar-refractivity contribution < 1.29 is 4.79 Å². The van der Waals surface area contributed by atoms with Crippen molar-refractivity contribution in [1.82, 2.24) is 24.8 Å². The number of aromatic amines is 1. The number of piperazine rings is 1. The van der Waals surface area contributed by atoms with Crippen LogP contribution in [0.15, 0.2) is 48.7 Å². The Morgan fingerprint density at radius 2 is 1.63 bits per heavy atom. The van der Waals surface area contributed by atoms with E-state index in [0.717, 1.165) is 85.1 Å². The highest BCUT2D eigenvalue weighted by atomic mass is 16.2. The van der Waals surface area contributed by atoms with Gasteiger partial charge in [0.1, 0.15) is 5.82 Å². The van der Waals surface area contributed by atoms with E-state index in [1.54, 1.807) is 0 Å². The normalized spacial score (nSPS) is 18.5. The lowest BCUT2D eigenvalue weighted by molar-refractivity contribution is -0.135. The molecule has 6 rings (SSSR count). The van der Waals surface area contributed by atoms with Crippen molar-refractivity contribution in [2.24, 2.45) is 0 Å². The number of nitrogens with zero attached hydrogens (tertiary/aromatic N) is 5. The SMILES string of the molecule is Cc1cc(-c2[nH]c3cc(-c4ccc(N5CCN(C(=O)[C@H]6CCCN6C)CC5)nc4)ccc3c2C)cc(C)n1. The number of likely N-dealkylation sites (N-methyl/N-ethyl adjacent to an activating group) is 1. The molecule has 7 heteroatoms. The highest BCUT2D eigenvalue weighted by Crippen LogP contribution is 2.33. The molecule has 2 aliphatic rings. The summed E-state index contributed by atoms with van der Waals surface area (Å²) in [6.45, 7) is 10.4. The molecule has 0 spiro atoms. The molecule has 3 aromatic heterocycles. The molecule has 0 aliphatic carbocycles. The Morgan fingerprint density at radius 1 is 0.895 bits per heavy atom. The third-order valence-corrected chi connectivity index (χ3v) is 8.23. The summed E-state index contributed by atoms with van der Waals surface area (Å²) in [6, 6.07) is 15.2. The van der Waals surface area contributed by atoms with Gasteiger partial charge in [-0.1, -0.05) is 12.1 Å². The van der Waals surface area contributed by atoms with Crippen LogP contribution in [-0.4, -0.2) is 76.5 Å². The third-order valence-electron chi connectivity index (χ3n) is 8.23. The third kappa shape index (κ3) is 4.56. The van der Waals surface area contributed by atoms with E-state index >= 15 is 0 Å². The number of nitrogens with one attached hydrogen (secondary N) is 1. The zero-order valence-electron chi connectivity index (χ0n) is 22.8. The Balaban J connectivity index is 1.17. The number of aromatic nitrogens is 3. The molecule has 4 aromatic rings. The molecular formula is C31H36N6O. The maximum atomic E-state index is 12.9. The summed E-state index contributed by atoms with van der Waals surface area (Å²) in [7, 11) is 2.06. The van der Waals surface area contributed by atoms with Gasteiger partial charge in [0.15, 0.2) is 0 Å². The zero-order chi connectivity index (χ0) is 26.4. The van der Waals surface area contributed by atoms with E-state index in [-0.39, 0.29) is 6.04 Å². The molecule has 2 aliphatic heterocycles. The second-order valence-corrected chi connectivity index (χ2v) is 10.9. The van der Waals surface area contributed by atoms with Crippen LogP contribution in [0.2, 0.25) is 0 Å². The first-order chi connectivity index (χ1) is 18.4. The summed E-state index contributed by atoms with van der Waals surface area (Å²) in [4.78, 5) is 32.4. The smallest absolute Gasteiger partial charge is 0.240 e. The van der Waals surface area contributed by atoms with Crippen molar-refractivity contribution in [1.29, 1.82) is 0 Å². The lowest BCUT2D eigenvalue weighted by atomic mass is 10.0. The van der Waals surface area contributed by atoms with Crippen molar-refractivity contribution >= 4 is 22.6 Å². The van der Waals surface area contributed by atoms with Gasteiger partial charge in [-0.3, -0.25) is 14.7 Å². The highest BCUT2D eigenvalue weighted by Gasteiger charge is 2.33. The van der Waals surface area contributed by atoms with Crippen LogP contribution in [0.5, 0.6) is 0 Å². The number of fused-ring (bicyclic) bond motifs is 1. The van der Waals surface area contributed by atoms with E-state index in [4.69, 9.17) is 4.98 Å². The molecule has 1 N–H and O–H groups in total. The number of pyridine rings is 2. The molecular weight excluding hydrogens is 472 g/mol. The molecule has 0 radical (unpaired) electrons. The van der Waals surface area contributed by atoms with Crippen LogP contribution in [0, 0.1) is 20.8 Å². The molecule has 0 bridgehead atoms. The average Bonchev–Trinajstić information content (AvgIpc) is 3.50. The van der Waals surface area contributed by atoms with Gasteiger partial charge in [0.25, 0.3) is 0 Å². The molecule has 7 nitrogen and oxygen atoms in total. The molecule has 2 fully saturated rings. The molecule has 1 atom stereocenters. The molecule has 196 valence electrons. The van der Waals surface area contributed by atoms with Crippen LogP contribution in [0.3, 0.4) is 0 Å². The summed E-state index contributed by atoms with van der Waals surface area (Å²) in [6.07, 6.45) is 4.06. The fraction of sp³-hybridized carbons (Fsp3) is 0.387. The standard InChI is InChI=1S/C31H36N6O/c1-20-16-25(17-21(2)33-20)30-22(3)26-9-7-23(18-27(26)34-30)24-8-10-29(32-19-24)36-12-14-37(15-13-36)31(38)28-6-5-11-35(28)4/h7-10,16-19,28,34H,5-6,11-15H2,1-4H3/t28-/m1/s1. The van der Waals surface area contributed by atoms with Crippen LogP contribution in [0.4, 0.5) is 5.82 Å². The summed E-state index contributed by atoms with van der Waals surface area (Å²) >= 11 is 0. The first kappa shape index (κ1) is 24.6. The Bertz CT molecular complexity index is 1460. The predicted octanol–water partition coefficient (Wildman–Crippen LogP) is 4.96. The number of likely N-dealkylation sites (tertiary alicyclic amines) is 1. The number of aryl methyl sites for hydroxylation is 3. The van der Waals surface area contributed by atoms with Crippen LogP contribution in [-0.2, 0) is 4.79 Å². The Kier molecular flexibility index (Phi) is 6.40. The van der Waals surface area contributed by atoms with Gasteiger partial charge in [-0.15, -0.1) is 0 Å². The van der Waals surface area contributed by atoms with Crippen LogP contribution in [0.25, 0.3) is 33.3 Å². The Morgan fingerprint density at radius 3 is 2.29 bits per heavy atom. The lowest BCUT2D eigenvalue weighted by Crippen LogP contribution is -2.53. The van der Waals surface area contributed by atoms with E-state index in [1.807, 2.05) is 24.9 Å². The molecule has 1 aromatic carbocycles. The van der Waals surface area contributed by atoms with Crippen molar-refractivity contribution in [3.8, 4) is 22.4 Å². The van der Waals surface area contributed by atoms with Gasteiger partial charge in [0.05, 0.1) is 6.04 Å². The second-order valence-electron chi connectivity index (χ2n) is 10.9. The van der Waals surface area contributed by atoms with E-state index < -0.39 is 0 Å². The minimum atomic E-state index is 0.0637. The van der Waals surface area contributed by atoms with E-state index in [2.05, 4.69) is 76.2 Å². The van der Waals surface area contributed by atoms with Crippen LogP contribution in [0.1, 0.15) is 29.8 Å². The number of amides is 1. The first-order valence-corrected chi connectivity index (χ1v) is 13.7. The van der Waals surface area contributed by atoms with Crippen molar-refractivity contribution in [3.63, 3.8) is 0 Å². The van der Waals surface area contributed by atoms with Gasteiger partial charge in [0.2, 0.25) is 5.91 Å². The monoisotopic (exact) mass is 508 g/mol. The maximum absolute atomic E-state index is 12.9. The molecule has 5 heterocycles. The Labute approximate surface area is 224 Å². The van der Waals surface area contributed by atoms with E-state index in [0.29, 0.717) is 5.91 Å². The summed E-state index contributed by atoms with van der Waals surface area (Å²) < 4.78 is 0. The van der Waals surface area contributed by atoms with E-state index in [1.165, 1.54) is 16.5 Å². The summed E-state index contributed by atoms with van der Waals surface area (Å²) in [5.74, 6) is 1.27. The number of benzene rings is 1. The van der Waals surface area contributed by atoms with Crippen LogP contribution < -0.4 is 4.90 Å². The van der Waals surface area contributed by atoms with Crippen molar-refractivity contribution in [3.05, 3.63) is 65.6 Å². The fourth-order valence-corrected chi connectivity index (χ4v) is 6.12. The summed E-state index contributed by atoms with van der Waals surface area (Å²) in [5.41, 5.74) is 8.99. The average molecular weight is 509 g/mol. The van der Waals surface area contributed by atoms with Crippen molar-refractivity contribution in [2.45, 2.75) is 39.7 Å². The van der Waals surface area contributed by atoms with Crippen LogP contribution >= 0.6 is 0 Å². The number of hydrogen-bond acceptors (Lipinski definition) is 5. The zero-order valence-corrected chi connectivity index (χ0v) is 22.8. The quantitative estimate of drug-likeness (QED) is 0.422. The van der Waals surface area contributed by atoms with Gasteiger partial charge in [-0.25, -0.2) is 4.98 Å². The molecule has 38 heavy (non-hydrogen) atoms. The molecule has 0 saturated carbocycles. The molecule has 0 unspecified atom stereocenters. The van der Waals surface area contributed by atoms with Crippen molar-refractivity contribution in [2.75, 3.05) is 44.7 Å². The largest absolute Gasteiger partial charge is 0.354 e. The molecule has 1 amide bonds. The van der Waals surface area contributed by atoms with Gasteiger partial charge in [0, 0.05) is 71.5 Å². The topological polar surface area (TPSA) is 68.4 Å². The predicted molar refractivity (Wildman–Crippen MR) is 153 cm³/mol. The number of anilines is 1. The van der Waals surface area contributed by atoms with Gasteiger partial charge >= 0.3 is 0 Å². The number of hydrogen-bond donors (Lipinski definition) is 1. The number of rotatable bonds is 4. The maximum Gasteiger partial charge on any atom is 0.240 e. The van der Waals surface area contributed by atoms with Gasteiger partial charge in [-0.05, 0) is 88.7 Å². The minimum Gasteiger partial charge on any atom is -0.354 e. The first-order valence-electron chi connectivity index (χ1n) is 13.7. The highest BCUT2D eigenvalue weighted by molar-refractivity contribution is 5.93.